The van der Waals surface area contributed by atoms with Gasteiger partial charge in [-0.25, -0.2) is 0 Å². The number of nitrogens with one attached hydrogen (secondary N) is 1. The second kappa shape index (κ2) is 4.18. The Balaban J connectivity index is 2.31. The predicted molar refractivity (Wildman–Crippen MR) is 74.2 cm³/mol. The van der Waals surface area contributed by atoms with Crippen molar-refractivity contribution in [3.05, 3.63) is 48.0 Å². The normalized spacial score (nSPS) is 10.8. The number of hydrogen-bond donors (Lipinski definition) is 1. The van der Waals surface area contributed by atoms with E-state index in [1.54, 1.807) is 5.49 Å². The third-order valence-electron chi connectivity index (χ3n) is 2.86. The highest BCUT2D eigenvalue weighted by molar-refractivity contribution is 7.78. The lowest BCUT2D eigenvalue weighted by atomic mass is 10.1. The van der Waals surface area contributed by atoms with Crippen molar-refractivity contribution in [3.63, 3.8) is 0 Å². The van der Waals surface area contributed by atoms with Crippen molar-refractivity contribution in [3.8, 4) is 0 Å². The summed E-state index contributed by atoms with van der Waals surface area (Å²) in [6.07, 6.45) is 0. The fourth-order valence-corrected chi connectivity index (χ4v) is 2.23. The van der Waals surface area contributed by atoms with Crippen LogP contribution in [0.15, 0.2) is 46.9 Å². The van der Waals surface area contributed by atoms with Crippen LogP contribution in [0.25, 0.3) is 21.9 Å². The summed E-state index contributed by atoms with van der Waals surface area (Å²) in [5.41, 5.74) is 4.60. The number of fused-ring (bicyclic) bond motifs is 3. The summed E-state index contributed by atoms with van der Waals surface area (Å²) in [6, 6.07) is 14.2. The summed E-state index contributed by atoms with van der Waals surface area (Å²) in [4.78, 5) is 0. The molecule has 3 heteroatoms. The highest BCUT2D eigenvalue weighted by Crippen LogP contribution is 2.30. The fourth-order valence-electron chi connectivity index (χ4n) is 2.15. The molecule has 0 unspecified atom stereocenters. The average Bonchev–Trinajstić information content (AvgIpc) is 2.75. The molecule has 17 heavy (non-hydrogen) atoms. The zero-order valence-corrected chi connectivity index (χ0v) is 9.96. The van der Waals surface area contributed by atoms with Crippen LogP contribution < -0.4 is 5.32 Å². The van der Waals surface area contributed by atoms with E-state index < -0.39 is 0 Å². The summed E-state index contributed by atoms with van der Waals surface area (Å²) >= 11 is 4.79. The van der Waals surface area contributed by atoms with Gasteiger partial charge in [0.25, 0.3) is 0 Å². The molecule has 0 aliphatic rings. The lowest BCUT2D eigenvalue weighted by Gasteiger charge is -2.02. The number of rotatable bonds is 3. The first-order valence-corrected chi connectivity index (χ1v) is 5.93. The lowest BCUT2D eigenvalue weighted by Crippen LogP contribution is -2.08. The van der Waals surface area contributed by atoms with Gasteiger partial charge in [0.1, 0.15) is 11.2 Å². The van der Waals surface area contributed by atoms with Crippen LogP contribution in [0.4, 0.5) is 0 Å². The number of hydrogen-bond acceptors (Lipinski definition) is 2. The maximum atomic E-state index is 5.81. The molecule has 1 heterocycles. The molecule has 1 N–H and O–H groups in total. The van der Waals surface area contributed by atoms with Crippen LogP contribution in [-0.2, 0) is 6.54 Å². The molecule has 0 fully saturated rings. The predicted octanol–water partition coefficient (Wildman–Crippen LogP) is 3.63. The van der Waals surface area contributed by atoms with E-state index in [0.717, 1.165) is 23.1 Å². The van der Waals surface area contributed by atoms with Crippen LogP contribution in [0, 0.1) is 0 Å². The average molecular weight is 241 g/mol. The molecule has 0 radical (unpaired) electrons. The Morgan fingerprint density at radius 1 is 1.06 bits per heavy atom. The van der Waals surface area contributed by atoms with E-state index >= 15 is 0 Å². The van der Waals surface area contributed by atoms with Crippen LogP contribution >= 0.6 is 12.2 Å². The molecule has 1 aromatic heterocycles. The fraction of sp³-hybridized carbons (Fsp3) is 0.0714. The van der Waals surface area contributed by atoms with Crippen molar-refractivity contribution in [1.29, 1.82) is 0 Å². The Kier molecular flexibility index (Phi) is 2.53. The molecule has 84 valence electrons. The van der Waals surface area contributed by atoms with Crippen molar-refractivity contribution in [2.45, 2.75) is 6.54 Å². The highest BCUT2D eigenvalue weighted by atomic mass is 32.1. The van der Waals surface area contributed by atoms with Gasteiger partial charge in [-0.1, -0.05) is 42.5 Å². The zero-order chi connectivity index (χ0) is 11.7. The van der Waals surface area contributed by atoms with Crippen molar-refractivity contribution in [1.82, 2.24) is 5.32 Å². The molecule has 0 saturated carbocycles. The molecule has 0 spiro atoms. The van der Waals surface area contributed by atoms with Gasteiger partial charge >= 0.3 is 0 Å². The number of thiocarbonyl (C=S) groups is 1. The van der Waals surface area contributed by atoms with Crippen LogP contribution in [0.2, 0.25) is 0 Å². The standard InChI is InChI=1S/C14H11NOS/c17-9-15-8-10-4-3-7-13-14(10)11-5-1-2-6-12(11)16-13/h1-7,9H,8H2,(H,15,17). The van der Waals surface area contributed by atoms with E-state index in [2.05, 4.69) is 17.4 Å². The topological polar surface area (TPSA) is 25.2 Å². The first-order chi connectivity index (χ1) is 8.40. The Morgan fingerprint density at radius 2 is 1.88 bits per heavy atom. The molecule has 0 bridgehead atoms. The lowest BCUT2D eigenvalue weighted by molar-refractivity contribution is 0.668. The number of para-hydroxylation sites is 1. The summed E-state index contributed by atoms with van der Waals surface area (Å²) in [6.45, 7) is 0.727. The van der Waals surface area contributed by atoms with E-state index in [9.17, 15) is 0 Å². The highest BCUT2D eigenvalue weighted by Gasteiger charge is 2.09. The minimum absolute atomic E-state index is 0.727. The van der Waals surface area contributed by atoms with Gasteiger partial charge in [-0.05, 0) is 17.7 Å². The van der Waals surface area contributed by atoms with Crippen LogP contribution in [-0.4, -0.2) is 5.49 Å². The largest absolute Gasteiger partial charge is 0.456 e. The van der Waals surface area contributed by atoms with Gasteiger partial charge < -0.3 is 9.73 Å². The van der Waals surface area contributed by atoms with E-state index in [-0.39, 0.29) is 0 Å². The molecule has 0 amide bonds. The minimum Gasteiger partial charge on any atom is -0.456 e. The summed E-state index contributed by atoms with van der Waals surface area (Å²) < 4.78 is 5.81. The maximum absolute atomic E-state index is 5.81. The molecular formula is C14H11NOS. The van der Waals surface area contributed by atoms with Crippen molar-refractivity contribution < 1.29 is 4.42 Å². The monoisotopic (exact) mass is 241 g/mol. The second-order valence-corrected chi connectivity index (χ2v) is 4.12. The smallest absolute Gasteiger partial charge is 0.135 e. The molecule has 2 aromatic carbocycles. The summed E-state index contributed by atoms with van der Waals surface area (Å²) in [5, 5.41) is 5.39. The van der Waals surface area contributed by atoms with Crippen LogP contribution in [0.3, 0.4) is 0 Å². The Morgan fingerprint density at radius 3 is 2.76 bits per heavy atom. The summed E-state index contributed by atoms with van der Waals surface area (Å²) in [7, 11) is 0. The van der Waals surface area contributed by atoms with Crippen molar-refractivity contribution in [2.75, 3.05) is 0 Å². The Labute approximate surface area is 104 Å². The first-order valence-electron chi connectivity index (χ1n) is 5.46. The van der Waals surface area contributed by atoms with Gasteiger partial charge in [-0.2, -0.15) is 0 Å². The van der Waals surface area contributed by atoms with Gasteiger partial charge in [-0.15, -0.1) is 0 Å². The van der Waals surface area contributed by atoms with Gasteiger partial charge in [0.05, 0.1) is 5.49 Å². The molecule has 3 aromatic rings. The molecular weight excluding hydrogens is 230 g/mol. The van der Waals surface area contributed by atoms with Gasteiger partial charge in [-0.3, -0.25) is 0 Å². The van der Waals surface area contributed by atoms with E-state index in [1.165, 1.54) is 10.9 Å². The van der Waals surface area contributed by atoms with Crippen LogP contribution in [0.5, 0.6) is 0 Å². The van der Waals surface area contributed by atoms with Gasteiger partial charge in [0.2, 0.25) is 0 Å². The van der Waals surface area contributed by atoms with E-state index in [1.807, 2.05) is 30.3 Å². The molecule has 0 saturated heterocycles. The summed E-state index contributed by atoms with van der Waals surface area (Å²) in [5.74, 6) is 0. The third kappa shape index (κ3) is 1.68. The van der Waals surface area contributed by atoms with Crippen molar-refractivity contribution in [2.24, 2.45) is 0 Å². The molecule has 3 rings (SSSR count). The SMILES string of the molecule is S=CNCc1cccc2oc3ccccc3c12. The Hall–Kier alpha value is -1.87. The zero-order valence-electron chi connectivity index (χ0n) is 9.14. The number of furan rings is 1. The molecule has 0 atom stereocenters. The van der Waals surface area contributed by atoms with Crippen LogP contribution in [0.1, 0.15) is 5.56 Å². The maximum Gasteiger partial charge on any atom is 0.135 e. The van der Waals surface area contributed by atoms with E-state index in [0.29, 0.717) is 0 Å². The van der Waals surface area contributed by atoms with Crippen molar-refractivity contribution >= 4 is 39.6 Å². The Bertz CT molecular complexity index is 687. The van der Waals surface area contributed by atoms with Gasteiger partial charge in [0.15, 0.2) is 0 Å². The third-order valence-corrected chi connectivity index (χ3v) is 3.03. The quantitative estimate of drug-likeness (QED) is 0.709. The van der Waals surface area contributed by atoms with Gasteiger partial charge in [0, 0.05) is 17.3 Å². The number of benzene rings is 2. The molecule has 0 aliphatic carbocycles. The minimum atomic E-state index is 0.727. The van der Waals surface area contributed by atoms with E-state index in [4.69, 9.17) is 16.6 Å². The second-order valence-electron chi connectivity index (χ2n) is 3.89. The molecule has 0 aliphatic heterocycles. The molecule has 2 nitrogen and oxygen atoms in total. The first kappa shape index (κ1) is 10.3.